The minimum absolute atomic E-state index is 0.225. The van der Waals surface area contributed by atoms with E-state index in [4.69, 9.17) is 0 Å². The van der Waals surface area contributed by atoms with Gasteiger partial charge in [-0.2, -0.15) is 0 Å². The lowest BCUT2D eigenvalue weighted by molar-refractivity contribution is 0.604. The van der Waals surface area contributed by atoms with Gasteiger partial charge in [0.05, 0.1) is 9.40 Å². The van der Waals surface area contributed by atoms with Crippen LogP contribution in [0.5, 0.6) is 0 Å². The van der Waals surface area contributed by atoms with Gasteiger partial charge in [-0.15, -0.1) is 34.0 Å². The minimum atomic E-state index is 0.225. The minimum Gasteiger partial charge on any atom is -0.143 e. The highest BCUT2D eigenvalue weighted by molar-refractivity contribution is 7.28. The van der Waals surface area contributed by atoms with E-state index >= 15 is 0 Å². The normalized spacial score (nSPS) is 13.0. The fourth-order valence-corrected chi connectivity index (χ4v) is 6.30. The lowest BCUT2D eigenvalue weighted by Crippen LogP contribution is -2.07. The molecule has 0 aliphatic carbocycles. The smallest absolute Gasteiger partial charge is 0.0538 e. The molecule has 4 aromatic rings. The summed E-state index contributed by atoms with van der Waals surface area (Å²) in [5.41, 5.74) is 0.225. The summed E-state index contributed by atoms with van der Waals surface area (Å²) in [5.74, 6) is 0. The van der Waals surface area contributed by atoms with Gasteiger partial charge in [0, 0.05) is 30.6 Å². The van der Waals surface area contributed by atoms with E-state index < -0.39 is 0 Å². The summed E-state index contributed by atoms with van der Waals surface area (Å²) in [4.78, 5) is 2.99. The van der Waals surface area contributed by atoms with Gasteiger partial charge in [-0.1, -0.05) is 27.7 Å². The monoisotopic (exact) mass is 330 g/mol. The average molecular weight is 331 g/mol. The molecule has 3 heteroatoms. The molecule has 21 heavy (non-hydrogen) atoms. The number of hydrogen-bond donors (Lipinski definition) is 0. The molecule has 0 N–H and O–H groups in total. The van der Waals surface area contributed by atoms with Crippen LogP contribution in [0.3, 0.4) is 0 Å². The van der Waals surface area contributed by atoms with Crippen LogP contribution >= 0.6 is 34.0 Å². The van der Waals surface area contributed by atoms with Gasteiger partial charge in [0.2, 0.25) is 0 Å². The van der Waals surface area contributed by atoms with E-state index in [-0.39, 0.29) is 5.41 Å². The molecule has 0 aliphatic rings. The van der Waals surface area contributed by atoms with E-state index in [9.17, 15) is 0 Å². The van der Waals surface area contributed by atoms with Crippen LogP contribution in [0.4, 0.5) is 0 Å². The second-order valence-electron chi connectivity index (χ2n) is 6.58. The molecule has 0 amide bonds. The summed E-state index contributed by atoms with van der Waals surface area (Å²) < 4.78 is 4.45. The average Bonchev–Trinajstić information content (AvgIpc) is 3.13. The summed E-state index contributed by atoms with van der Waals surface area (Å²) in [6.07, 6.45) is 1.13. The molecule has 0 saturated heterocycles. The second-order valence-corrected chi connectivity index (χ2v) is 9.68. The molecule has 3 aromatic heterocycles. The van der Waals surface area contributed by atoms with Crippen LogP contribution in [0.2, 0.25) is 0 Å². The number of hydrogen-bond acceptors (Lipinski definition) is 3. The van der Waals surface area contributed by atoms with E-state index in [1.54, 1.807) is 0 Å². The van der Waals surface area contributed by atoms with Crippen molar-refractivity contribution in [2.75, 3.05) is 0 Å². The Morgan fingerprint density at radius 3 is 2.38 bits per heavy atom. The lowest BCUT2D eigenvalue weighted by Gasteiger charge is -2.14. The first-order valence-electron chi connectivity index (χ1n) is 7.34. The lowest BCUT2D eigenvalue weighted by atomic mass is 9.94. The summed E-state index contributed by atoms with van der Waals surface area (Å²) in [5, 5.41) is 6.60. The molecular weight excluding hydrogens is 312 g/mol. The van der Waals surface area contributed by atoms with Crippen LogP contribution in [0.25, 0.3) is 30.3 Å². The first-order chi connectivity index (χ1) is 9.99. The highest BCUT2D eigenvalue weighted by Gasteiger charge is 2.21. The largest absolute Gasteiger partial charge is 0.143 e. The molecule has 0 nitrogen and oxygen atoms in total. The zero-order valence-corrected chi connectivity index (χ0v) is 15.2. The van der Waals surface area contributed by atoms with Crippen molar-refractivity contribution < 1.29 is 0 Å². The maximum Gasteiger partial charge on any atom is 0.0538 e. The van der Waals surface area contributed by atoms with Gasteiger partial charge < -0.3 is 0 Å². The van der Waals surface area contributed by atoms with E-state index in [1.165, 1.54) is 40.0 Å². The van der Waals surface area contributed by atoms with Crippen molar-refractivity contribution in [1.82, 2.24) is 0 Å². The van der Waals surface area contributed by atoms with Gasteiger partial charge >= 0.3 is 0 Å². The Hall–Kier alpha value is -0.900. The second kappa shape index (κ2) is 4.55. The molecule has 0 atom stereocenters. The van der Waals surface area contributed by atoms with Gasteiger partial charge in [0.25, 0.3) is 0 Å². The number of thiophene rings is 3. The van der Waals surface area contributed by atoms with Gasteiger partial charge in [-0.3, -0.25) is 0 Å². The zero-order chi connectivity index (χ0) is 14.8. The van der Waals surface area contributed by atoms with Crippen LogP contribution < -0.4 is 0 Å². The predicted octanol–water partition coefficient (Wildman–Crippen LogP) is 7.19. The van der Waals surface area contributed by atoms with E-state index in [0.717, 1.165) is 6.42 Å². The standard InChI is InChI=1S/C18H18S3/c1-5-10-8-13-15-11(6-7-19-15)12-9-14(18(2,3)4)21-16(12)17(13)20-10/h6-9H,5H2,1-4H3. The third-order valence-electron chi connectivity index (χ3n) is 4.01. The topological polar surface area (TPSA) is 0 Å². The highest BCUT2D eigenvalue weighted by Crippen LogP contribution is 2.46. The number of fused-ring (bicyclic) bond motifs is 6. The van der Waals surface area contributed by atoms with Crippen LogP contribution in [0, 0.1) is 0 Å². The van der Waals surface area contributed by atoms with Crippen LogP contribution in [0.1, 0.15) is 37.4 Å². The van der Waals surface area contributed by atoms with Crippen molar-refractivity contribution in [3.8, 4) is 0 Å². The van der Waals surface area contributed by atoms with Crippen LogP contribution in [0.15, 0.2) is 23.6 Å². The first-order valence-corrected chi connectivity index (χ1v) is 9.86. The van der Waals surface area contributed by atoms with E-state index in [0.29, 0.717) is 0 Å². The van der Waals surface area contributed by atoms with Crippen molar-refractivity contribution in [2.45, 2.75) is 39.5 Å². The molecule has 1 aromatic carbocycles. The maximum absolute atomic E-state index is 2.43. The quantitative estimate of drug-likeness (QED) is 0.346. The molecule has 3 heterocycles. The molecule has 4 rings (SSSR count). The fraction of sp³-hybridized carbons (Fsp3) is 0.333. The van der Waals surface area contributed by atoms with Gasteiger partial charge in [0.1, 0.15) is 0 Å². The van der Waals surface area contributed by atoms with E-state index in [2.05, 4.69) is 51.3 Å². The number of benzene rings is 1. The highest BCUT2D eigenvalue weighted by atomic mass is 32.1. The fourth-order valence-electron chi connectivity index (χ4n) is 2.81. The van der Waals surface area contributed by atoms with Crippen molar-refractivity contribution in [1.29, 1.82) is 0 Å². The molecule has 0 aliphatic heterocycles. The molecule has 0 spiro atoms. The molecule has 0 unspecified atom stereocenters. The third kappa shape index (κ3) is 1.98. The Balaban J connectivity index is 2.23. The van der Waals surface area contributed by atoms with Gasteiger partial charge in [-0.05, 0) is 35.4 Å². The van der Waals surface area contributed by atoms with E-state index in [1.807, 2.05) is 34.0 Å². The van der Waals surface area contributed by atoms with Crippen LogP contribution in [-0.2, 0) is 11.8 Å². The maximum atomic E-state index is 2.43. The molecule has 0 fully saturated rings. The summed E-state index contributed by atoms with van der Waals surface area (Å²) in [7, 11) is 0. The Morgan fingerprint density at radius 2 is 1.67 bits per heavy atom. The molecule has 0 bridgehead atoms. The van der Waals surface area contributed by atoms with Crippen molar-refractivity contribution >= 4 is 64.3 Å². The third-order valence-corrected chi connectivity index (χ3v) is 7.96. The predicted molar refractivity (Wildman–Crippen MR) is 101 cm³/mol. The molecule has 0 saturated carbocycles. The SMILES string of the molecule is CCc1cc2c3sccc3c3cc(C(C)(C)C)sc3c2s1. The van der Waals surface area contributed by atoms with Crippen molar-refractivity contribution in [2.24, 2.45) is 0 Å². The van der Waals surface area contributed by atoms with Crippen molar-refractivity contribution in [3.63, 3.8) is 0 Å². The molecule has 0 radical (unpaired) electrons. The summed E-state index contributed by atoms with van der Waals surface area (Å²) >= 11 is 5.86. The Bertz CT molecular complexity index is 957. The molecular formula is C18H18S3. The Kier molecular flexibility index (Phi) is 2.97. The first kappa shape index (κ1) is 13.7. The van der Waals surface area contributed by atoms with Gasteiger partial charge in [0.15, 0.2) is 0 Å². The number of aryl methyl sites for hydroxylation is 1. The number of rotatable bonds is 1. The zero-order valence-electron chi connectivity index (χ0n) is 12.7. The summed E-state index contributed by atoms with van der Waals surface area (Å²) in [6, 6.07) is 7.14. The Morgan fingerprint density at radius 1 is 0.905 bits per heavy atom. The van der Waals surface area contributed by atoms with Crippen LogP contribution in [-0.4, -0.2) is 0 Å². The van der Waals surface area contributed by atoms with Gasteiger partial charge in [-0.25, -0.2) is 0 Å². The Labute approximate surface area is 137 Å². The van der Waals surface area contributed by atoms with Crippen molar-refractivity contribution in [3.05, 3.63) is 33.3 Å². The summed E-state index contributed by atoms with van der Waals surface area (Å²) in [6.45, 7) is 9.19. The molecule has 108 valence electrons.